The molecule has 3 heteroatoms. The summed E-state index contributed by atoms with van der Waals surface area (Å²) < 4.78 is 0. The molecule has 9 heavy (non-hydrogen) atoms. The Morgan fingerprint density at radius 1 is 1.44 bits per heavy atom. The molecule has 1 heterocycles. The molecule has 2 N–H and O–H groups in total. The normalized spacial score (nSPS) is 19.2. The van der Waals surface area contributed by atoms with Crippen molar-refractivity contribution in [2.45, 2.75) is 20.8 Å². The predicted molar refractivity (Wildman–Crippen MR) is 38.0 cm³/mol. The third-order valence-electron chi connectivity index (χ3n) is 1.39. The van der Waals surface area contributed by atoms with Gasteiger partial charge >= 0.3 is 0 Å². The zero-order valence-corrected chi connectivity index (χ0v) is 6.15. The molecule has 3 nitrogen and oxygen atoms in total. The van der Waals surface area contributed by atoms with Crippen LogP contribution >= 0.6 is 0 Å². The van der Waals surface area contributed by atoms with E-state index in [0.717, 1.165) is 6.54 Å². The zero-order chi connectivity index (χ0) is 6.91. The van der Waals surface area contributed by atoms with Crippen molar-refractivity contribution in [2.24, 2.45) is 10.5 Å². The van der Waals surface area contributed by atoms with E-state index in [0.29, 0.717) is 0 Å². The second kappa shape index (κ2) is 1.99. The first-order chi connectivity index (χ1) is 4.11. The predicted octanol–water partition coefficient (Wildman–Crippen LogP) is 0.496. The van der Waals surface area contributed by atoms with Gasteiger partial charge in [0.2, 0.25) is 0 Å². The summed E-state index contributed by atoms with van der Waals surface area (Å²) in [5.74, 6) is 0. The second-order valence-corrected chi connectivity index (χ2v) is 3.27. The van der Waals surface area contributed by atoms with Gasteiger partial charge < -0.3 is 0 Å². The third kappa shape index (κ3) is 1.42. The summed E-state index contributed by atoms with van der Waals surface area (Å²) in [6.07, 6.45) is 0. The van der Waals surface area contributed by atoms with Gasteiger partial charge in [0.25, 0.3) is 0 Å². The molecule has 52 valence electrons. The number of hydrogen-bond donors (Lipinski definition) is 2. The quantitative estimate of drug-likeness (QED) is 0.497. The summed E-state index contributed by atoms with van der Waals surface area (Å²) in [5.41, 5.74) is 7.03. The van der Waals surface area contributed by atoms with Gasteiger partial charge in [-0.1, -0.05) is 20.8 Å². The van der Waals surface area contributed by atoms with E-state index in [1.807, 2.05) is 0 Å². The monoisotopic (exact) mass is 127 g/mol. The number of hydrazone groups is 1. The van der Waals surface area contributed by atoms with Crippen LogP contribution in [0.15, 0.2) is 5.10 Å². The van der Waals surface area contributed by atoms with Crippen LogP contribution in [0.5, 0.6) is 0 Å². The van der Waals surface area contributed by atoms with Gasteiger partial charge in [-0.3, -0.25) is 0 Å². The van der Waals surface area contributed by atoms with E-state index in [-0.39, 0.29) is 5.41 Å². The molecule has 0 spiro atoms. The second-order valence-electron chi connectivity index (χ2n) is 3.27. The maximum absolute atomic E-state index is 4.06. The van der Waals surface area contributed by atoms with Gasteiger partial charge in [0.1, 0.15) is 0 Å². The highest BCUT2D eigenvalue weighted by molar-refractivity contribution is 5.91. The van der Waals surface area contributed by atoms with Gasteiger partial charge in [-0.25, -0.2) is 11.0 Å². The van der Waals surface area contributed by atoms with E-state index >= 15 is 0 Å². The lowest BCUT2D eigenvalue weighted by atomic mass is 9.90. The van der Waals surface area contributed by atoms with Gasteiger partial charge in [0.15, 0.2) is 0 Å². The topological polar surface area (TPSA) is 36.4 Å². The Kier molecular flexibility index (Phi) is 1.45. The molecule has 0 unspecified atom stereocenters. The largest absolute Gasteiger partial charge is 0.243 e. The van der Waals surface area contributed by atoms with E-state index in [1.54, 1.807) is 0 Å². The van der Waals surface area contributed by atoms with Crippen LogP contribution in [0.1, 0.15) is 20.8 Å². The van der Waals surface area contributed by atoms with Crippen LogP contribution < -0.4 is 11.0 Å². The fraction of sp³-hybridized carbons (Fsp3) is 0.833. The Morgan fingerprint density at radius 3 is 2.33 bits per heavy atom. The Hall–Kier alpha value is -0.570. The summed E-state index contributed by atoms with van der Waals surface area (Å²) in [6, 6.07) is 0. The first-order valence-corrected chi connectivity index (χ1v) is 3.15. The van der Waals surface area contributed by atoms with Gasteiger partial charge in [-0.15, -0.1) is 0 Å². The van der Waals surface area contributed by atoms with Crippen LogP contribution in [0.2, 0.25) is 0 Å². The van der Waals surface area contributed by atoms with Crippen LogP contribution in [0, 0.1) is 5.41 Å². The van der Waals surface area contributed by atoms with Gasteiger partial charge in [-0.05, 0) is 0 Å². The Labute approximate surface area is 55.5 Å². The van der Waals surface area contributed by atoms with Crippen LogP contribution in [0.25, 0.3) is 0 Å². The highest BCUT2D eigenvalue weighted by Crippen LogP contribution is 2.15. The average Bonchev–Trinajstić information content (AvgIpc) is 2.08. The van der Waals surface area contributed by atoms with E-state index < -0.39 is 0 Å². The molecular weight excluding hydrogens is 114 g/mol. The lowest BCUT2D eigenvalue weighted by Gasteiger charge is -2.15. The minimum absolute atomic E-state index is 0.205. The lowest BCUT2D eigenvalue weighted by Crippen LogP contribution is -2.27. The fourth-order valence-electron chi connectivity index (χ4n) is 0.703. The van der Waals surface area contributed by atoms with Crippen LogP contribution in [0.3, 0.4) is 0 Å². The van der Waals surface area contributed by atoms with Crippen molar-refractivity contribution >= 4 is 5.71 Å². The number of rotatable bonds is 0. The van der Waals surface area contributed by atoms with Crippen LogP contribution in [0.4, 0.5) is 0 Å². The van der Waals surface area contributed by atoms with Gasteiger partial charge in [-0.2, -0.15) is 5.10 Å². The van der Waals surface area contributed by atoms with Gasteiger partial charge in [0.05, 0.1) is 12.3 Å². The summed E-state index contributed by atoms with van der Waals surface area (Å²) in [7, 11) is 0. The van der Waals surface area contributed by atoms with Crippen molar-refractivity contribution in [3.63, 3.8) is 0 Å². The van der Waals surface area contributed by atoms with Crippen molar-refractivity contribution < 1.29 is 0 Å². The summed E-state index contributed by atoms with van der Waals surface area (Å²) >= 11 is 0. The number of hydrogen-bond acceptors (Lipinski definition) is 3. The molecule has 0 saturated heterocycles. The van der Waals surface area contributed by atoms with Crippen molar-refractivity contribution in [3.05, 3.63) is 0 Å². The molecule has 0 radical (unpaired) electrons. The third-order valence-corrected chi connectivity index (χ3v) is 1.39. The minimum atomic E-state index is 0.205. The molecule has 1 aliphatic rings. The average molecular weight is 127 g/mol. The van der Waals surface area contributed by atoms with E-state index in [1.165, 1.54) is 5.71 Å². The molecule has 0 aliphatic carbocycles. The highest BCUT2D eigenvalue weighted by Gasteiger charge is 2.20. The molecule has 0 aromatic heterocycles. The number of nitrogens with one attached hydrogen (secondary N) is 2. The molecule has 0 atom stereocenters. The smallest absolute Gasteiger partial charge is 0.0604 e. The fourth-order valence-corrected chi connectivity index (χ4v) is 0.703. The minimum Gasteiger partial charge on any atom is -0.243 e. The van der Waals surface area contributed by atoms with Crippen molar-refractivity contribution in [1.82, 2.24) is 11.0 Å². The lowest BCUT2D eigenvalue weighted by molar-refractivity contribution is 0.585. The molecule has 0 fully saturated rings. The molecule has 0 aromatic carbocycles. The van der Waals surface area contributed by atoms with E-state index in [4.69, 9.17) is 0 Å². The van der Waals surface area contributed by atoms with Crippen LogP contribution in [-0.4, -0.2) is 12.3 Å². The zero-order valence-electron chi connectivity index (χ0n) is 6.15. The Balaban J connectivity index is 2.61. The molecule has 1 aliphatic heterocycles. The molecular formula is C6H13N3. The molecule has 0 amide bonds. The van der Waals surface area contributed by atoms with Gasteiger partial charge in [0, 0.05) is 5.41 Å². The summed E-state index contributed by atoms with van der Waals surface area (Å²) in [6.45, 7) is 7.32. The van der Waals surface area contributed by atoms with Crippen molar-refractivity contribution in [2.75, 3.05) is 6.54 Å². The summed E-state index contributed by atoms with van der Waals surface area (Å²) in [4.78, 5) is 0. The van der Waals surface area contributed by atoms with Crippen LogP contribution in [-0.2, 0) is 0 Å². The SMILES string of the molecule is CC(C)(C)C1=NNNC1. The van der Waals surface area contributed by atoms with Crippen molar-refractivity contribution in [3.8, 4) is 0 Å². The van der Waals surface area contributed by atoms with Crippen molar-refractivity contribution in [1.29, 1.82) is 0 Å². The standard InChI is InChI=1S/C6H13N3/c1-6(2,3)5-4-7-9-8-5/h7,9H,4H2,1-3H3. The maximum Gasteiger partial charge on any atom is 0.0604 e. The first kappa shape index (κ1) is 6.55. The number of nitrogens with zero attached hydrogens (tertiary/aromatic N) is 1. The molecule has 0 saturated carbocycles. The number of hydrazine groups is 1. The molecule has 0 aromatic rings. The molecule has 0 bridgehead atoms. The highest BCUT2D eigenvalue weighted by atomic mass is 15.6. The summed E-state index contributed by atoms with van der Waals surface area (Å²) in [5, 5.41) is 4.06. The van der Waals surface area contributed by atoms with E-state index in [2.05, 4.69) is 36.8 Å². The molecule has 1 rings (SSSR count). The Bertz CT molecular complexity index is 132. The van der Waals surface area contributed by atoms with E-state index in [9.17, 15) is 0 Å². The Morgan fingerprint density at radius 2 is 2.11 bits per heavy atom. The maximum atomic E-state index is 4.06. The first-order valence-electron chi connectivity index (χ1n) is 3.15.